The summed E-state index contributed by atoms with van der Waals surface area (Å²) in [4.78, 5) is 7.50. The van der Waals surface area contributed by atoms with Crippen LogP contribution in [0.1, 0.15) is 0 Å². The van der Waals surface area contributed by atoms with Crippen molar-refractivity contribution in [2.75, 3.05) is 0 Å². The molecule has 13 saturated heterocycles. The van der Waals surface area contributed by atoms with Crippen LogP contribution in [0.3, 0.4) is 0 Å². The van der Waals surface area contributed by atoms with E-state index in [1.165, 1.54) is 0 Å². The topological polar surface area (TPSA) is 53.9 Å². The summed E-state index contributed by atoms with van der Waals surface area (Å²) in [6.45, 7) is 0. The first-order valence-electron chi connectivity index (χ1n) is 2.89. The number of nitroso groups, excluding NO2 is 1. The van der Waals surface area contributed by atoms with Crippen LogP contribution in [0.5, 0.6) is 0 Å². The number of hydrogen-bond acceptors (Lipinski definition) is 6. The maximum Gasteiger partial charge on any atom is 0.346 e. The van der Waals surface area contributed by atoms with Crippen molar-refractivity contribution >= 4 is 26.2 Å². The van der Waals surface area contributed by atoms with Crippen molar-refractivity contribution in [3.05, 3.63) is 4.91 Å². The molecule has 13 heterocycles. The second-order valence-corrected chi connectivity index (χ2v) is 17.5. The van der Waals surface area contributed by atoms with Gasteiger partial charge in [-0.15, -0.1) is 0 Å². The summed E-state index contributed by atoms with van der Waals surface area (Å²) >= 11 is 0. The van der Waals surface area contributed by atoms with Crippen molar-refractivity contribution in [1.82, 2.24) is 15.6 Å². The maximum atomic E-state index is 7.50. The molecule has 13 rings (SSSR count). The van der Waals surface area contributed by atoms with E-state index in [-0.39, 0.29) is 0 Å². The molecular formula is HN5OSi3. The van der Waals surface area contributed by atoms with Crippen LogP contribution < -0.4 is 0 Å². The average molecular weight is 171 g/mol. The average Bonchev–Trinajstić information content (AvgIpc) is 1.20. The standard InChI is InChI=1S/N4Si3.HNO/c1-5-2-6(1)3(5)7(1,2)4(5)6;1-2/h;1H. The molecule has 1 N–H and O–H groups in total. The fraction of sp³-hybridized carbons (Fsp3) is 0. The predicted molar refractivity (Wildman–Crippen MR) is 30.7 cm³/mol. The molecule has 0 atom stereocenters. The number of hydrogen-bond donors (Lipinski definition) is 1. The van der Waals surface area contributed by atoms with Crippen LogP contribution in [-0.2, 0) is 0 Å². The van der Waals surface area contributed by atoms with E-state index in [0.29, 0.717) is 0 Å². The van der Waals surface area contributed by atoms with Crippen molar-refractivity contribution in [3.63, 3.8) is 0 Å². The normalized spacial score (nSPS) is 112. The number of nitrogens with one attached hydrogen (secondary N) is 1. The van der Waals surface area contributed by atoms with E-state index < -0.39 is 26.2 Å². The summed E-state index contributed by atoms with van der Waals surface area (Å²) in [5.74, 6) is 0. The Hall–Kier alpha value is 0.0906. The molecule has 0 aromatic heterocycles. The molecule has 3 spiro atoms. The third-order valence-electron chi connectivity index (χ3n) is 3.60. The van der Waals surface area contributed by atoms with Gasteiger partial charge in [0.2, 0.25) is 0 Å². The van der Waals surface area contributed by atoms with Gasteiger partial charge >= 0.3 is 26.2 Å². The van der Waals surface area contributed by atoms with E-state index in [1.54, 1.807) is 0 Å². The minimum atomic E-state index is -0.611. The van der Waals surface area contributed by atoms with Crippen LogP contribution in [0.4, 0.5) is 0 Å². The zero-order valence-electron chi connectivity index (χ0n) is 4.20. The van der Waals surface area contributed by atoms with Crippen LogP contribution in [-0.4, -0.2) is 41.7 Å². The van der Waals surface area contributed by atoms with E-state index in [1.807, 2.05) is 0 Å². The minimum Gasteiger partial charge on any atom is -0.260 e. The molecule has 0 aliphatic carbocycles. The first-order chi connectivity index (χ1) is 4.46. The van der Waals surface area contributed by atoms with Crippen molar-refractivity contribution in [2.24, 2.45) is 0 Å². The molecule has 13 aliphatic rings. The highest BCUT2D eigenvalue weighted by atomic mass is 28.9. The highest BCUT2D eigenvalue weighted by Crippen LogP contribution is 3.12. The predicted octanol–water partition coefficient (Wildman–Crippen LogP) is -2.09. The summed E-state index contributed by atoms with van der Waals surface area (Å²) in [5, 5.41) is 0. The van der Waals surface area contributed by atoms with Gasteiger partial charge in [-0.2, -0.15) is 4.91 Å². The molecule has 7 bridgehead atoms. The smallest absolute Gasteiger partial charge is 0.260 e. The zero-order chi connectivity index (χ0) is 5.81. The van der Waals surface area contributed by atoms with Crippen LogP contribution in [0.15, 0.2) is 0 Å². The molecule has 13 fully saturated rings. The van der Waals surface area contributed by atoms with Gasteiger partial charge in [0, 0.05) is 0 Å². The number of rotatable bonds is 0. The van der Waals surface area contributed by atoms with Gasteiger partial charge in [0.15, 0.2) is 0 Å². The molecular weight excluding hydrogens is 170 g/mol. The highest BCUT2D eigenvalue weighted by molar-refractivity contribution is 7.78. The van der Waals surface area contributed by atoms with Gasteiger partial charge in [-0.1, -0.05) is 5.59 Å². The van der Waals surface area contributed by atoms with Crippen LogP contribution in [0.2, 0.25) is 0 Å². The summed E-state index contributed by atoms with van der Waals surface area (Å²) in [6.07, 6.45) is 0. The van der Waals surface area contributed by atoms with Crippen LogP contribution >= 0.6 is 0 Å². The van der Waals surface area contributed by atoms with Crippen LogP contribution in [0.25, 0.3) is 0 Å². The largest absolute Gasteiger partial charge is 0.346 e. The maximum absolute atomic E-state index is 7.50. The van der Waals surface area contributed by atoms with Gasteiger partial charge in [0.1, 0.15) is 0 Å². The molecule has 6 nitrogen and oxygen atoms in total. The molecule has 0 amide bonds. The van der Waals surface area contributed by atoms with Crippen molar-refractivity contribution in [3.8, 4) is 0 Å². The van der Waals surface area contributed by atoms with Gasteiger partial charge in [0.05, 0.1) is 0 Å². The fourth-order valence-electron chi connectivity index (χ4n) is 3.41. The third-order valence-corrected chi connectivity index (χ3v) is 32.4. The van der Waals surface area contributed by atoms with Gasteiger partial charge in [-0.3, -0.25) is 15.6 Å². The molecule has 0 unspecified atom stereocenters. The van der Waals surface area contributed by atoms with E-state index in [0.717, 1.165) is 0 Å². The molecule has 9 heteroatoms. The first-order valence-corrected chi connectivity index (χ1v) is 8.25. The lowest BCUT2D eigenvalue weighted by molar-refractivity contribution is -0.180. The Bertz CT molecular complexity index is 201. The SMILES string of the molecule is N12[Si]34N5[Si]16N3[Si]25N46.N=O. The molecule has 0 aromatic rings. The van der Waals surface area contributed by atoms with E-state index in [4.69, 9.17) is 4.91 Å². The quantitative estimate of drug-likeness (QED) is 0.335. The molecule has 9 heavy (non-hydrogen) atoms. The molecule has 0 aromatic carbocycles. The Morgan fingerprint density at radius 1 is 0.778 bits per heavy atom. The second-order valence-electron chi connectivity index (χ2n) is 3.14. The van der Waals surface area contributed by atoms with Crippen LogP contribution in [0, 0.1) is 10.5 Å². The number of nitrogens with zero attached hydrogens (tertiary/aromatic N) is 4. The Balaban J connectivity index is 0.000000133. The van der Waals surface area contributed by atoms with Gasteiger partial charge < -0.3 is 0 Å². The van der Waals surface area contributed by atoms with Gasteiger partial charge in [-0.25, -0.2) is 0 Å². The zero-order valence-corrected chi connectivity index (χ0v) is 7.20. The lowest BCUT2D eigenvalue weighted by Crippen LogP contribution is -3.81. The molecule has 44 valence electrons. The minimum absolute atomic E-state index is 0.611. The lowest BCUT2D eigenvalue weighted by Gasteiger charge is -3.43. The van der Waals surface area contributed by atoms with E-state index >= 15 is 0 Å². The first kappa shape index (κ1) is 3.47. The highest BCUT2D eigenvalue weighted by Gasteiger charge is 3.52. The summed E-state index contributed by atoms with van der Waals surface area (Å²) in [6, 6.07) is 0. The Morgan fingerprint density at radius 3 is 0.889 bits per heavy atom. The Morgan fingerprint density at radius 2 is 0.889 bits per heavy atom. The van der Waals surface area contributed by atoms with Crippen molar-refractivity contribution in [1.29, 1.82) is 5.59 Å². The fourth-order valence-corrected chi connectivity index (χ4v) is 46.9. The van der Waals surface area contributed by atoms with Gasteiger partial charge in [0.25, 0.3) is 0 Å². The van der Waals surface area contributed by atoms with Crippen molar-refractivity contribution < 1.29 is 0 Å². The molecule has 0 radical (unpaired) electrons. The summed E-state index contributed by atoms with van der Waals surface area (Å²) in [7, 11) is -1.83. The van der Waals surface area contributed by atoms with Gasteiger partial charge in [-0.05, 0) is 0 Å². The summed E-state index contributed by atoms with van der Waals surface area (Å²) < 4.78 is 11.9. The lowest BCUT2D eigenvalue weighted by atomic mass is 13.2. The second kappa shape index (κ2) is 0.449. The van der Waals surface area contributed by atoms with E-state index in [9.17, 15) is 0 Å². The summed E-state index contributed by atoms with van der Waals surface area (Å²) in [5.41, 5.74) is 4.50. The van der Waals surface area contributed by atoms with Crippen molar-refractivity contribution in [2.45, 2.75) is 0 Å². The van der Waals surface area contributed by atoms with E-state index in [2.05, 4.69) is 21.2 Å². The molecule has 13 aliphatic heterocycles. The third kappa shape index (κ3) is 0.0578. The Kier molecular flexibility index (Phi) is 0.173. The Labute approximate surface area is 53.0 Å². The molecule has 0 saturated carbocycles. The monoisotopic (exact) mass is 171 g/mol.